The molecule has 0 spiro atoms. The van der Waals surface area contributed by atoms with Crippen molar-refractivity contribution in [3.05, 3.63) is 82.4 Å². The fourth-order valence-corrected chi connectivity index (χ4v) is 3.24. The third kappa shape index (κ3) is 3.10. The lowest BCUT2D eigenvalue weighted by atomic mass is 10.00. The average molecular weight is 358 g/mol. The van der Waals surface area contributed by atoms with Crippen molar-refractivity contribution in [1.82, 2.24) is 4.57 Å². The number of hydrogen-bond donors (Lipinski definition) is 1. The zero-order valence-corrected chi connectivity index (χ0v) is 14.3. The van der Waals surface area contributed by atoms with Crippen LogP contribution in [0.2, 0.25) is 0 Å². The third-order valence-electron chi connectivity index (χ3n) is 4.47. The molecule has 26 heavy (non-hydrogen) atoms. The van der Waals surface area contributed by atoms with E-state index in [1.165, 1.54) is 18.2 Å². The molecule has 1 amide bonds. The molecule has 2 aromatic carbocycles. The molecule has 0 radical (unpaired) electrons. The van der Waals surface area contributed by atoms with Crippen LogP contribution in [0, 0.1) is 31.3 Å². The molecule has 2 N–H and O–H groups in total. The van der Waals surface area contributed by atoms with Crippen LogP contribution in [0.25, 0.3) is 11.1 Å². The second-order valence-corrected chi connectivity index (χ2v) is 6.13. The molecule has 0 aliphatic rings. The highest BCUT2D eigenvalue weighted by molar-refractivity contribution is 6.02. The van der Waals surface area contributed by atoms with E-state index in [1.54, 1.807) is 30.5 Å². The van der Waals surface area contributed by atoms with Crippen molar-refractivity contribution in [1.29, 1.82) is 0 Å². The fraction of sp³-hybridized carbons (Fsp3) is 0.150. The second kappa shape index (κ2) is 6.71. The summed E-state index contributed by atoms with van der Waals surface area (Å²) in [5, 5.41) is 0. The summed E-state index contributed by atoms with van der Waals surface area (Å²) in [6, 6.07) is 9.53. The monoisotopic (exact) mass is 358 g/mol. The summed E-state index contributed by atoms with van der Waals surface area (Å²) < 4.78 is 42.1. The Kier molecular flexibility index (Phi) is 4.59. The van der Waals surface area contributed by atoms with Crippen LogP contribution in [0.15, 0.2) is 42.5 Å². The van der Waals surface area contributed by atoms with E-state index < -0.39 is 23.4 Å². The number of nitrogens with two attached hydrogens (primary N) is 1. The van der Waals surface area contributed by atoms with Gasteiger partial charge < -0.3 is 10.3 Å². The van der Waals surface area contributed by atoms with Gasteiger partial charge in [-0.3, -0.25) is 4.79 Å². The van der Waals surface area contributed by atoms with Crippen LogP contribution in [0.1, 0.15) is 27.3 Å². The highest BCUT2D eigenvalue weighted by Crippen LogP contribution is 2.33. The highest BCUT2D eigenvalue weighted by atomic mass is 19.2. The molecule has 0 bridgehead atoms. The van der Waals surface area contributed by atoms with E-state index in [0.29, 0.717) is 28.1 Å². The summed E-state index contributed by atoms with van der Waals surface area (Å²) in [5.74, 6) is -2.92. The van der Waals surface area contributed by atoms with Crippen LogP contribution in [-0.2, 0) is 6.54 Å². The zero-order valence-electron chi connectivity index (χ0n) is 14.3. The molecule has 0 fully saturated rings. The van der Waals surface area contributed by atoms with Crippen LogP contribution >= 0.6 is 0 Å². The number of halogens is 3. The third-order valence-corrected chi connectivity index (χ3v) is 4.47. The van der Waals surface area contributed by atoms with Crippen molar-refractivity contribution in [3.8, 4) is 11.1 Å². The number of nitrogens with zero attached hydrogens (tertiary/aromatic N) is 1. The summed E-state index contributed by atoms with van der Waals surface area (Å²) in [4.78, 5) is 12.0. The van der Waals surface area contributed by atoms with Gasteiger partial charge in [0.2, 0.25) is 0 Å². The van der Waals surface area contributed by atoms with Crippen LogP contribution < -0.4 is 5.73 Å². The quantitative estimate of drug-likeness (QED) is 0.741. The molecular formula is C20H17F3N2O. The summed E-state index contributed by atoms with van der Waals surface area (Å²) in [7, 11) is 0. The molecule has 1 aromatic heterocycles. The second-order valence-electron chi connectivity index (χ2n) is 6.13. The lowest BCUT2D eigenvalue weighted by Gasteiger charge is -2.10. The first-order chi connectivity index (χ1) is 12.3. The summed E-state index contributed by atoms with van der Waals surface area (Å²) in [5.41, 5.74) is 8.72. The predicted molar refractivity (Wildman–Crippen MR) is 93.3 cm³/mol. The number of amides is 1. The fourth-order valence-electron chi connectivity index (χ4n) is 3.24. The standard InChI is InChI=1S/C20H17F3N2O/c1-11-18(14-4-3-5-15(21)9-14)19(20(24)26)12(2)25(11)10-13-6-7-16(22)17(23)8-13/h3-9H,10H2,1-2H3,(H2,24,26). The Morgan fingerprint density at radius 2 is 1.73 bits per heavy atom. The van der Waals surface area contributed by atoms with Crippen LogP contribution in [0.3, 0.4) is 0 Å². The van der Waals surface area contributed by atoms with E-state index in [9.17, 15) is 18.0 Å². The van der Waals surface area contributed by atoms with Crippen molar-refractivity contribution >= 4 is 5.91 Å². The van der Waals surface area contributed by atoms with Gasteiger partial charge in [0.25, 0.3) is 5.91 Å². The van der Waals surface area contributed by atoms with Gasteiger partial charge >= 0.3 is 0 Å². The number of primary amides is 1. The topological polar surface area (TPSA) is 48.0 Å². The van der Waals surface area contributed by atoms with E-state index in [-0.39, 0.29) is 12.1 Å². The van der Waals surface area contributed by atoms with Crippen molar-refractivity contribution in [3.63, 3.8) is 0 Å². The molecule has 3 nitrogen and oxygen atoms in total. The van der Waals surface area contributed by atoms with Crippen molar-refractivity contribution in [2.75, 3.05) is 0 Å². The first-order valence-corrected chi connectivity index (χ1v) is 7.99. The van der Waals surface area contributed by atoms with Gasteiger partial charge in [0, 0.05) is 23.5 Å². The molecule has 0 unspecified atom stereocenters. The smallest absolute Gasteiger partial charge is 0.251 e. The summed E-state index contributed by atoms with van der Waals surface area (Å²) in [6.07, 6.45) is 0. The van der Waals surface area contributed by atoms with E-state index in [0.717, 1.165) is 12.1 Å². The maximum atomic E-state index is 13.7. The highest BCUT2D eigenvalue weighted by Gasteiger charge is 2.23. The number of carbonyl (C=O) groups excluding carboxylic acids is 1. The molecule has 0 aliphatic carbocycles. The van der Waals surface area contributed by atoms with Crippen molar-refractivity contribution < 1.29 is 18.0 Å². The van der Waals surface area contributed by atoms with Gasteiger partial charge in [-0.1, -0.05) is 18.2 Å². The number of aromatic nitrogens is 1. The van der Waals surface area contributed by atoms with Gasteiger partial charge in [-0.25, -0.2) is 13.2 Å². The van der Waals surface area contributed by atoms with Gasteiger partial charge in [-0.2, -0.15) is 0 Å². The average Bonchev–Trinajstić information content (AvgIpc) is 2.83. The molecule has 3 rings (SSSR count). The molecule has 1 heterocycles. The minimum Gasteiger partial charge on any atom is -0.366 e. The van der Waals surface area contributed by atoms with Crippen LogP contribution in [0.5, 0.6) is 0 Å². The van der Waals surface area contributed by atoms with E-state index in [2.05, 4.69) is 0 Å². The normalized spacial score (nSPS) is 11.0. The number of carbonyl (C=O) groups is 1. The summed E-state index contributed by atoms with van der Waals surface area (Å²) in [6.45, 7) is 3.72. The molecule has 134 valence electrons. The van der Waals surface area contributed by atoms with Crippen molar-refractivity contribution in [2.45, 2.75) is 20.4 Å². The van der Waals surface area contributed by atoms with Crippen LogP contribution in [0.4, 0.5) is 13.2 Å². The van der Waals surface area contributed by atoms with E-state index >= 15 is 0 Å². The van der Waals surface area contributed by atoms with Crippen LogP contribution in [-0.4, -0.2) is 10.5 Å². The Morgan fingerprint density at radius 1 is 1.00 bits per heavy atom. The minimum atomic E-state index is -0.939. The Labute approximate surface area is 148 Å². The molecule has 3 aromatic rings. The largest absolute Gasteiger partial charge is 0.366 e. The first kappa shape index (κ1) is 17.8. The maximum absolute atomic E-state index is 13.7. The van der Waals surface area contributed by atoms with Gasteiger partial charge in [-0.15, -0.1) is 0 Å². The number of benzene rings is 2. The number of hydrogen-bond acceptors (Lipinski definition) is 1. The van der Waals surface area contributed by atoms with Gasteiger partial charge in [0.15, 0.2) is 11.6 Å². The van der Waals surface area contributed by atoms with Gasteiger partial charge in [-0.05, 0) is 49.2 Å². The zero-order chi connectivity index (χ0) is 19.0. The molecule has 6 heteroatoms. The Bertz CT molecular complexity index is 1010. The molecule has 0 saturated carbocycles. The Balaban J connectivity index is 2.16. The van der Waals surface area contributed by atoms with Gasteiger partial charge in [0.05, 0.1) is 5.56 Å². The molecule has 0 atom stereocenters. The SMILES string of the molecule is Cc1c(C(N)=O)c(-c2cccc(F)c2)c(C)n1Cc1ccc(F)c(F)c1. The summed E-state index contributed by atoms with van der Waals surface area (Å²) >= 11 is 0. The lowest BCUT2D eigenvalue weighted by molar-refractivity contribution is 0.1000. The number of rotatable bonds is 4. The van der Waals surface area contributed by atoms with E-state index in [4.69, 9.17) is 5.73 Å². The van der Waals surface area contributed by atoms with E-state index in [1.807, 2.05) is 0 Å². The van der Waals surface area contributed by atoms with Crippen molar-refractivity contribution in [2.24, 2.45) is 5.73 Å². The lowest BCUT2D eigenvalue weighted by Crippen LogP contribution is -2.13. The molecular weight excluding hydrogens is 341 g/mol. The van der Waals surface area contributed by atoms with Gasteiger partial charge in [0.1, 0.15) is 5.82 Å². The Morgan fingerprint density at radius 3 is 2.35 bits per heavy atom. The predicted octanol–water partition coefficient (Wildman–Crippen LogP) is 4.34. The molecule has 0 aliphatic heterocycles. The maximum Gasteiger partial charge on any atom is 0.251 e. The molecule has 0 saturated heterocycles. The first-order valence-electron chi connectivity index (χ1n) is 7.99. The Hall–Kier alpha value is -3.02. The minimum absolute atomic E-state index is 0.227.